The van der Waals surface area contributed by atoms with E-state index in [2.05, 4.69) is 36.4 Å². The van der Waals surface area contributed by atoms with Crippen LogP contribution in [0.15, 0.2) is 42.7 Å². The molecule has 1 aromatic heterocycles. The van der Waals surface area contributed by atoms with Gasteiger partial charge in [0.1, 0.15) is 0 Å². The zero-order valence-corrected chi connectivity index (χ0v) is 11.8. The molecule has 104 valence electrons. The Morgan fingerprint density at radius 3 is 2.75 bits per heavy atom. The molecule has 20 heavy (non-hydrogen) atoms. The summed E-state index contributed by atoms with van der Waals surface area (Å²) in [5, 5.41) is 7.18. The second-order valence-electron chi connectivity index (χ2n) is 5.65. The first-order valence-electron chi connectivity index (χ1n) is 7.05. The highest BCUT2D eigenvalue weighted by Gasteiger charge is 2.43. The average Bonchev–Trinajstić information content (AvgIpc) is 3.12. The van der Waals surface area contributed by atoms with Crippen molar-refractivity contribution in [3.8, 4) is 0 Å². The number of carbonyl (C=O) groups excluding carboxylic acids is 1. The van der Waals surface area contributed by atoms with Crippen LogP contribution < -0.4 is 5.32 Å². The van der Waals surface area contributed by atoms with E-state index < -0.39 is 0 Å². The monoisotopic (exact) mass is 269 g/mol. The molecular weight excluding hydrogens is 250 g/mol. The quantitative estimate of drug-likeness (QED) is 0.926. The minimum absolute atomic E-state index is 0.0970. The lowest BCUT2D eigenvalue weighted by atomic mass is 10.1. The third kappa shape index (κ3) is 2.59. The molecule has 2 atom stereocenters. The lowest BCUT2D eigenvalue weighted by Crippen LogP contribution is -2.14. The molecule has 2 aromatic rings. The maximum Gasteiger partial charge on any atom is 0.228 e. The number of nitrogens with one attached hydrogen (secondary N) is 1. The second kappa shape index (κ2) is 5.12. The van der Waals surface area contributed by atoms with Gasteiger partial charge in [-0.25, -0.2) is 0 Å². The Hall–Kier alpha value is -2.10. The predicted molar refractivity (Wildman–Crippen MR) is 78.5 cm³/mol. The third-order valence-electron chi connectivity index (χ3n) is 3.75. The highest BCUT2D eigenvalue weighted by molar-refractivity contribution is 5.95. The molecule has 3 rings (SSSR count). The summed E-state index contributed by atoms with van der Waals surface area (Å²) in [7, 11) is 0. The van der Waals surface area contributed by atoms with Gasteiger partial charge in [0, 0.05) is 18.2 Å². The highest BCUT2D eigenvalue weighted by Crippen LogP contribution is 2.47. The molecule has 0 unspecified atom stereocenters. The average molecular weight is 269 g/mol. The van der Waals surface area contributed by atoms with Crippen molar-refractivity contribution >= 4 is 11.6 Å². The molecule has 0 bridgehead atoms. The summed E-state index contributed by atoms with van der Waals surface area (Å²) in [5.41, 5.74) is 2.04. The summed E-state index contributed by atoms with van der Waals surface area (Å²) in [6.07, 6.45) is 4.52. The van der Waals surface area contributed by atoms with Gasteiger partial charge in [-0.3, -0.25) is 9.48 Å². The zero-order chi connectivity index (χ0) is 14.1. The Morgan fingerprint density at radius 1 is 1.35 bits per heavy atom. The lowest BCUT2D eigenvalue weighted by Gasteiger charge is -2.04. The minimum atomic E-state index is 0.0970. The number of anilines is 1. The molecule has 1 aliphatic rings. The van der Waals surface area contributed by atoms with Gasteiger partial charge in [0.05, 0.1) is 11.9 Å². The number of nitrogens with zero attached hydrogens (tertiary/aromatic N) is 2. The normalized spacial score (nSPS) is 20.9. The first kappa shape index (κ1) is 12.9. The largest absolute Gasteiger partial charge is 0.323 e. The van der Waals surface area contributed by atoms with Crippen LogP contribution in [0.25, 0.3) is 0 Å². The molecule has 1 aliphatic carbocycles. The fraction of sp³-hybridized carbons (Fsp3) is 0.375. The molecule has 1 N–H and O–H groups in total. The van der Waals surface area contributed by atoms with Crippen LogP contribution in [-0.2, 0) is 4.79 Å². The summed E-state index contributed by atoms with van der Waals surface area (Å²) in [6, 6.07) is 10.5. The van der Waals surface area contributed by atoms with E-state index in [1.54, 1.807) is 6.20 Å². The van der Waals surface area contributed by atoms with Gasteiger partial charge in [-0.2, -0.15) is 5.10 Å². The fourth-order valence-electron chi connectivity index (χ4n) is 2.47. The van der Waals surface area contributed by atoms with E-state index in [0.29, 0.717) is 12.0 Å². The van der Waals surface area contributed by atoms with Gasteiger partial charge < -0.3 is 5.32 Å². The van der Waals surface area contributed by atoms with Crippen molar-refractivity contribution in [2.24, 2.45) is 5.92 Å². The molecule has 0 radical (unpaired) electrons. The van der Waals surface area contributed by atoms with Crippen molar-refractivity contribution in [3.63, 3.8) is 0 Å². The SMILES string of the molecule is CC(C)n1cc(NC(=O)[C@H]2C[C@@H]2c2ccccc2)cn1. The number of aromatic nitrogens is 2. The lowest BCUT2D eigenvalue weighted by molar-refractivity contribution is -0.117. The zero-order valence-electron chi connectivity index (χ0n) is 11.8. The van der Waals surface area contributed by atoms with E-state index in [4.69, 9.17) is 0 Å². The first-order chi connectivity index (χ1) is 9.65. The Kier molecular flexibility index (Phi) is 3.30. The Balaban J connectivity index is 1.61. The van der Waals surface area contributed by atoms with Crippen LogP contribution in [-0.4, -0.2) is 15.7 Å². The predicted octanol–water partition coefficient (Wildman–Crippen LogP) is 3.21. The van der Waals surface area contributed by atoms with E-state index in [0.717, 1.165) is 12.1 Å². The molecule has 4 nitrogen and oxygen atoms in total. The van der Waals surface area contributed by atoms with Gasteiger partial charge in [0.25, 0.3) is 0 Å². The van der Waals surface area contributed by atoms with E-state index in [-0.39, 0.29) is 11.8 Å². The number of hydrogen-bond acceptors (Lipinski definition) is 2. The molecule has 0 saturated heterocycles. The molecule has 1 saturated carbocycles. The van der Waals surface area contributed by atoms with Crippen LogP contribution in [0.2, 0.25) is 0 Å². The van der Waals surface area contributed by atoms with Crippen molar-refractivity contribution in [3.05, 3.63) is 48.3 Å². The molecule has 1 fully saturated rings. The molecule has 0 spiro atoms. The van der Waals surface area contributed by atoms with Gasteiger partial charge >= 0.3 is 0 Å². The van der Waals surface area contributed by atoms with Crippen LogP contribution in [0.5, 0.6) is 0 Å². The topological polar surface area (TPSA) is 46.9 Å². The van der Waals surface area contributed by atoms with E-state index in [1.165, 1.54) is 5.56 Å². The van der Waals surface area contributed by atoms with Gasteiger partial charge in [-0.15, -0.1) is 0 Å². The third-order valence-corrected chi connectivity index (χ3v) is 3.75. The smallest absolute Gasteiger partial charge is 0.228 e. The number of benzene rings is 1. The van der Waals surface area contributed by atoms with Crippen molar-refractivity contribution in [1.82, 2.24) is 9.78 Å². The standard InChI is InChI=1S/C16H19N3O/c1-11(2)19-10-13(9-17-19)18-16(20)15-8-14(15)12-6-4-3-5-7-12/h3-7,9-11,14-15H,8H2,1-2H3,(H,18,20)/t14-,15+/m1/s1. The van der Waals surface area contributed by atoms with Gasteiger partial charge in [-0.1, -0.05) is 30.3 Å². The molecule has 0 aliphatic heterocycles. The van der Waals surface area contributed by atoms with Crippen LogP contribution in [0.3, 0.4) is 0 Å². The van der Waals surface area contributed by atoms with Crippen molar-refractivity contribution in [2.45, 2.75) is 32.2 Å². The molecule has 1 heterocycles. The van der Waals surface area contributed by atoms with Crippen molar-refractivity contribution in [1.29, 1.82) is 0 Å². The second-order valence-corrected chi connectivity index (χ2v) is 5.65. The number of amides is 1. The maximum absolute atomic E-state index is 12.2. The maximum atomic E-state index is 12.2. The van der Waals surface area contributed by atoms with Crippen molar-refractivity contribution in [2.75, 3.05) is 5.32 Å². The van der Waals surface area contributed by atoms with Gasteiger partial charge in [0.2, 0.25) is 5.91 Å². The Morgan fingerprint density at radius 2 is 2.10 bits per heavy atom. The molecule has 4 heteroatoms. The van der Waals surface area contributed by atoms with E-state index >= 15 is 0 Å². The van der Waals surface area contributed by atoms with Crippen LogP contribution in [0.4, 0.5) is 5.69 Å². The van der Waals surface area contributed by atoms with E-state index in [9.17, 15) is 4.79 Å². The summed E-state index contributed by atoms with van der Waals surface area (Å²) >= 11 is 0. The fourth-order valence-corrected chi connectivity index (χ4v) is 2.47. The summed E-state index contributed by atoms with van der Waals surface area (Å²) in [5.74, 6) is 0.568. The van der Waals surface area contributed by atoms with E-state index in [1.807, 2.05) is 29.1 Å². The van der Waals surface area contributed by atoms with Crippen molar-refractivity contribution < 1.29 is 4.79 Å². The van der Waals surface area contributed by atoms with Crippen LogP contribution in [0, 0.1) is 5.92 Å². The Bertz CT molecular complexity index is 603. The number of carbonyl (C=O) groups is 1. The van der Waals surface area contributed by atoms with Crippen LogP contribution in [0.1, 0.15) is 37.8 Å². The molecule has 1 aromatic carbocycles. The molecular formula is C16H19N3O. The van der Waals surface area contributed by atoms with Gasteiger partial charge in [0.15, 0.2) is 0 Å². The number of rotatable bonds is 4. The van der Waals surface area contributed by atoms with Gasteiger partial charge in [-0.05, 0) is 31.7 Å². The summed E-state index contributed by atoms with van der Waals surface area (Å²) in [6.45, 7) is 4.12. The first-order valence-corrected chi connectivity index (χ1v) is 7.05. The number of hydrogen-bond donors (Lipinski definition) is 1. The summed E-state index contributed by atoms with van der Waals surface area (Å²) in [4.78, 5) is 12.2. The minimum Gasteiger partial charge on any atom is -0.323 e. The Labute approximate surface area is 118 Å². The molecule has 1 amide bonds. The van der Waals surface area contributed by atoms with Crippen LogP contribution >= 0.6 is 0 Å². The highest BCUT2D eigenvalue weighted by atomic mass is 16.2. The summed E-state index contributed by atoms with van der Waals surface area (Å²) < 4.78 is 1.84.